The van der Waals surface area contributed by atoms with Crippen LogP contribution in [0, 0.1) is 0 Å². The van der Waals surface area contributed by atoms with Crippen LogP contribution in [0.3, 0.4) is 0 Å². The van der Waals surface area contributed by atoms with Gasteiger partial charge in [-0.15, -0.1) is 0 Å². The van der Waals surface area contributed by atoms with Crippen LogP contribution in [-0.2, 0) is 14.4 Å². The van der Waals surface area contributed by atoms with Crippen molar-refractivity contribution in [2.45, 2.75) is 18.4 Å². The molecule has 1 heterocycles. The average Bonchev–Trinajstić information content (AvgIpc) is 2.27. The smallest absolute Gasteiger partial charge is 0.405 e. The fourth-order valence-electron chi connectivity index (χ4n) is 1.62. The molecular weight excluding hydrogens is 232 g/mol. The van der Waals surface area contributed by atoms with Gasteiger partial charge in [0.1, 0.15) is 0 Å². The number of carbonyl (C=O) groups is 2. The van der Waals surface area contributed by atoms with Crippen molar-refractivity contribution in [3.63, 3.8) is 0 Å². The van der Waals surface area contributed by atoms with Crippen molar-refractivity contribution in [2.75, 3.05) is 25.7 Å². The van der Waals surface area contributed by atoms with Gasteiger partial charge in [-0.25, -0.2) is 9.86 Å². The van der Waals surface area contributed by atoms with Crippen LogP contribution < -0.4 is 5.73 Å². The lowest BCUT2D eigenvalue weighted by atomic mass is 9.98. The van der Waals surface area contributed by atoms with Gasteiger partial charge in [0.2, 0.25) is 5.60 Å². The predicted molar refractivity (Wildman–Crippen MR) is 59.7 cm³/mol. The molecule has 0 aromatic carbocycles. The highest BCUT2D eigenvalue weighted by Gasteiger charge is 2.45. The fraction of sp³-hybridized carbons (Fsp3) is 0.778. The fourth-order valence-corrected chi connectivity index (χ4v) is 2.77. The first-order valence-electron chi connectivity index (χ1n) is 4.90. The molecular formula is C9H16N2O4S. The van der Waals surface area contributed by atoms with Gasteiger partial charge in [0.25, 0.3) is 5.91 Å². The minimum absolute atomic E-state index is 0.374. The molecule has 0 aromatic rings. The highest BCUT2D eigenvalue weighted by atomic mass is 32.2. The molecule has 1 aliphatic heterocycles. The molecule has 1 unspecified atom stereocenters. The lowest BCUT2D eigenvalue weighted by Gasteiger charge is -2.36. The first-order valence-corrected chi connectivity index (χ1v) is 6.06. The van der Waals surface area contributed by atoms with Crippen LogP contribution in [0.25, 0.3) is 0 Å². The number of thioether (sulfide) groups is 1. The number of nitrogens with two attached hydrogens (primary N) is 1. The van der Waals surface area contributed by atoms with Crippen molar-refractivity contribution < 1.29 is 19.2 Å². The average molecular weight is 248 g/mol. The van der Waals surface area contributed by atoms with E-state index >= 15 is 0 Å². The van der Waals surface area contributed by atoms with Crippen LogP contribution in [0.15, 0.2) is 0 Å². The first kappa shape index (κ1) is 13.1. The molecule has 0 aromatic heterocycles. The van der Waals surface area contributed by atoms with Gasteiger partial charge in [-0.05, 0) is 18.6 Å². The quantitative estimate of drug-likeness (QED) is 0.730. The van der Waals surface area contributed by atoms with Crippen molar-refractivity contribution in [1.82, 2.24) is 5.06 Å². The third-order valence-corrected chi connectivity index (χ3v) is 3.70. The summed E-state index contributed by atoms with van der Waals surface area (Å²) in [4.78, 5) is 27.7. The summed E-state index contributed by atoms with van der Waals surface area (Å²) < 4.78 is 5.01. The maximum absolute atomic E-state index is 12.0. The Labute approximate surface area is 98.4 Å². The summed E-state index contributed by atoms with van der Waals surface area (Å²) in [5, 5.41) is 1.06. The largest absolute Gasteiger partial charge is 0.432 e. The number of hydrogen-bond acceptors (Lipinski definition) is 5. The molecule has 6 nitrogen and oxygen atoms in total. The minimum atomic E-state index is -1.17. The molecule has 0 saturated carbocycles. The van der Waals surface area contributed by atoms with Crippen LogP contribution in [0.5, 0.6) is 0 Å². The molecule has 1 fully saturated rings. The lowest BCUT2D eigenvalue weighted by molar-refractivity contribution is -0.187. The van der Waals surface area contributed by atoms with E-state index in [1.807, 2.05) is 0 Å². The first-order chi connectivity index (χ1) is 7.52. The predicted octanol–water partition coefficient (Wildman–Crippen LogP) is 0.367. The van der Waals surface area contributed by atoms with Crippen LogP contribution in [-0.4, -0.2) is 48.3 Å². The Hall–Kier alpha value is -0.950. The van der Waals surface area contributed by atoms with Gasteiger partial charge in [0.15, 0.2) is 0 Å². The zero-order valence-electron chi connectivity index (χ0n) is 9.39. The number of rotatable bonds is 3. The zero-order valence-corrected chi connectivity index (χ0v) is 10.2. The van der Waals surface area contributed by atoms with Crippen LogP contribution in [0.4, 0.5) is 4.79 Å². The number of carbonyl (C=O) groups excluding carboxylic acids is 2. The normalized spacial score (nSPS) is 24.9. The van der Waals surface area contributed by atoms with Crippen molar-refractivity contribution in [2.24, 2.45) is 5.73 Å². The molecule has 92 valence electrons. The lowest BCUT2D eigenvalue weighted by Crippen LogP contribution is -2.54. The third kappa shape index (κ3) is 2.79. The summed E-state index contributed by atoms with van der Waals surface area (Å²) >= 11 is 1.56. The topological polar surface area (TPSA) is 81.9 Å². The summed E-state index contributed by atoms with van der Waals surface area (Å²) in [5.74, 6) is 0.997. The number of ether oxygens (including phenoxy) is 1. The molecule has 1 saturated heterocycles. The van der Waals surface area contributed by atoms with Crippen molar-refractivity contribution >= 4 is 23.8 Å². The summed E-state index contributed by atoms with van der Waals surface area (Å²) in [6, 6.07) is 0. The molecule has 0 spiro atoms. The van der Waals surface area contributed by atoms with E-state index in [1.54, 1.807) is 11.8 Å². The van der Waals surface area contributed by atoms with Gasteiger partial charge in [0.05, 0.1) is 7.11 Å². The second-order valence-electron chi connectivity index (χ2n) is 3.56. The molecule has 0 aliphatic carbocycles. The third-order valence-electron chi connectivity index (χ3n) is 2.45. The number of amides is 2. The van der Waals surface area contributed by atoms with Crippen molar-refractivity contribution in [3.8, 4) is 0 Å². The van der Waals surface area contributed by atoms with Crippen molar-refractivity contribution in [3.05, 3.63) is 0 Å². The highest BCUT2D eigenvalue weighted by molar-refractivity contribution is 7.99. The number of hydroxylamine groups is 2. The van der Waals surface area contributed by atoms with E-state index in [4.69, 9.17) is 15.3 Å². The van der Waals surface area contributed by atoms with E-state index in [9.17, 15) is 9.59 Å². The van der Waals surface area contributed by atoms with Gasteiger partial charge >= 0.3 is 6.09 Å². The molecule has 1 rings (SSSR count). The van der Waals surface area contributed by atoms with E-state index in [0.717, 1.165) is 17.2 Å². The Balaban J connectivity index is 2.84. The number of likely N-dealkylation sites (N-methyl/N-ethyl adjacent to an activating group) is 1. The van der Waals surface area contributed by atoms with Gasteiger partial charge in [-0.3, -0.25) is 9.63 Å². The molecule has 0 bridgehead atoms. The van der Waals surface area contributed by atoms with Gasteiger partial charge in [-0.2, -0.15) is 11.8 Å². The zero-order chi connectivity index (χ0) is 12.2. The molecule has 1 aliphatic rings. The standard InChI is InChI=1S/C9H16N2O4S/c1-11(14-2)7(12)9(15-8(10)13)4-3-5-16-6-9/h3-6H2,1-2H3,(H2,10,13). The second-order valence-corrected chi connectivity index (χ2v) is 4.66. The molecule has 7 heteroatoms. The summed E-state index contributed by atoms with van der Waals surface area (Å²) in [6.07, 6.45) is 0.358. The van der Waals surface area contributed by atoms with E-state index < -0.39 is 11.7 Å². The highest BCUT2D eigenvalue weighted by Crippen LogP contribution is 2.31. The Kier molecular flexibility index (Phi) is 4.43. The Morgan fingerprint density at radius 1 is 1.50 bits per heavy atom. The van der Waals surface area contributed by atoms with Gasteiger partial charge in [0, 0.05) is 12.8 Å². The van der Waals surface area contributed by atoms with E-state index in [-0.39, 0.29) is 5.91 Å². The monoisotopic (exact) mass is 248 g/mol. The molecule has 2 amide bonds. The maximum Gasteiger partial charge on any atom is 0.405 e. The summed E-state index contributed by atoms with van der Waals surface area (Å²) in [6.45, 7) is 0. The minimum Gasteiger partial charge on any atom is -0.432 e. The van der Waals surface area contributed by atoms with E-state index in [2.05, 4.69) is 0 Å². The van der Waals surface area contributed by atoms with Crippen LogP contribution in [0.2, 0.25) is 0 Å². The van der Waals surface area contributed by atoms with Gasteiger partial charge < -0.3 is 10.5 Å². The number of primary amides is 1. The van der Waals surface area contributed by atoms with Gasteiger partial charge in [-0.1, -0.05) is 0 Å². The van der Waals surface area contributed by atoms with E-state index in [1.165, 1.54) is 14.2 Å². The molecule has 16 heavy (non-hydrogen) atoms. The van der Waals surface area contributed by atoms with E-state index in [0.29, 0.717) is 12.2 Å². The van der Waals surface area contributed by atoms with Crippen LogP contribution in [0.1, 0.15) is 12.8 Å². The summed E-state index contributed by atoms with van der Waals surface area (Å²) in [5.41, 5.74) is 3.84. The number of nitrogens with zero attached hydrogens (tertiary/aromatic N) is 1. The Bertz CT molecular complexity index is 279. The summed E-state index contributed by atoms with van der Waals surface area (Å²) in [7, 11) is 2.86. The number of hydrogen-bond donors (Lipinski definition) is 1. The Morgan fingerprint density at radius 2 is 2.19 bits per heavy atom. The molecule has 1 atom stereocenters. The SMILES string of the molecule is CON(C)C(=O)C1(OC(N)=O)CCCSC1. The van der Waals surface area contributed by atoms with Crippen molar-refractivity contribution in [1.29, 1.82) is 0 Å². The second kappa shape index (κ2) is 5.40. The Morgan fingerprint density at radius 3 is 2.62 bits per heavy atom. The molecule has 0 radical (unpaired) electrons. The van der Waals surface area contributed by atoms with Crippen LogP contribution >= 0.6 is 11.8 Å². The maximum atomic E-state index is 12.0. The molecule has 2 N–H and O–H groups in total.